The molecule has 0 saturated heterocycles. The van der Waals surface area contributed by atoms with Gasteiger partial charge in [0.2, 0.25) is 0 Å². The lowest BCUT2D eigenvalue weighted by molar-refractivity contribution is -0.126. The average Bonchev–Trinajstić information content (AvgIpc) is 2.53. The highest BCUT2D eigenvalue weighted by molar-refractivity contribution is 5.91. The fraction of sp³-hybridized carbons (Fsp3) is 0.421. The Balaban J connectivity index is 1.74. The Hall–Kier alpha value is -1.91. The Morgan fingerprint density at radius 1 is 1.17 bits per heavy atom. The molecule has 0 amide bonds. The van der Waals surface area contributed by atoms with Crippen LogP contribution in [-0.2, 0) is 4.79 Å². The number of fused-ring (bicyclic) bond motifs is 1. The largest absolute Gasteiger partial charge is 0.375 e. The lowest BCUT2D eigenvalue weighted by Gasteiger charge is -2.38. The van der Waals surface area contributed by atoms with E-state index in [4.69, 9.17) is 11.5 Å². The summed E-state index contributed by atoms with van der Waals surface area (Å²) >= 11 is 0. The zero-order valence-electron chi connectivity index (χ0n) is 13.6. The molecule has 23 heavy (non-hydrogen) atoms. The molecular formula is C19H25N3O. The van der Waals surface area contributed by atoms with E-state index in [1.54, 1.807) is 0 Å². The first-order valence-corrected chi connectivity index (χ1v) is 8.34. The number of hydrogen-bond donors (Lipinski definition) is 3. The molecule has 0 bridgehead atoms. The minimum atomic E-state index is -0.866. The first-order valence-electron chi connectivity index (χ1n) is 8.34. The van der Waals surface area contributed by atoms with E-state index in [9.17, 15) is 4.79 Å². The minimum Gasteiger partial charge on any atom is -0.375 e. The van der Waals surface area contributed by atoms with Gasteiger partial charge in [0.15, 0.2) is 5.78 Å². The van der Waals surface area contributed by atoms with Crippen molar-refractivity contribution >= 4 is 22.2 Å². The predicted molar refractivity (Wildman–Crippen MR) is 95.1 cm³/mol. The van der Waals surface area contributed by atoms with Crippen LogP contribution < -0.4 is 16.8 Å². The van der Waals surface area contributed by atoms with Gasteiger partial charge in [-0.2, -0.15) is 0 Å². The van der Waals surface area contributed by atoms with Gasteiger partial charge in [0.1, 0.15) is 0 Å². The van der Waals surface area contributed by atoms with Crippen LogP contribution in [0.5, 0.6) is 0 Å². The van der Waals surface area contributed by atoms with Crippen LogP contribution in [0.4, 0.5) is 5.69 Å². The van der Waals surface area contributed by atoms with E-state index in [2.05, 4.69) is 29.6 Å². The molecule has 122 valence electrons. The summed E-state index contributed by atoms with van der Waals surface area (Å²) < 4.78 is 0. The van der Waals surface area contributed by atoms with E-state index in [0.717, 1.165) is 30.3 Å². The number of nitrogens with one attached hydrogen (secondary N) is 1. The summed E-state index contributed by atoms with van der Waals surface area (Å²) in [5.74, 6) is -0.151. The molecule has 0 spiro atoms. The second kappa shape index (κ2) is 6.30. The molecule has 2 aromatic carbocycles. The van der Waals surface area contributed by atoms with Crippen molar-refractivity contribution in [2.45, 2.75) is 44.3 Å². The smallest absolute Gasteiger partial charge is 0.160 e. The van der Waals surface area contributed by atoms with Crippen LogP contribution >= 0.6 is 0 Å². The topological polar surface area (TPSA) is 81.1 Å². The van der Waals surface area contributed by atoms with Crippen LogP contribution in [0.25, 0.3) is 10.8 Å². The summed E-state index contributed by atoms with van der Waals surface area (Å²) in [7, 11) is 0. The van der Waals surface area contributed by atoms with Gasteiger partial charge >= 0.3 is 0 Å². The first kappa shape index (κ1) is 16.0. The summed E-state index contributed by atoms with van der Waals surface area (Å²) in [6.07, 6.45) is 3.53. The summed E-state index contributed by atoms with van der Waals surface area (Å²) in [5, 5.41) is 5.65. The monoisotopic (exact) mass is 311 g/mol. The fourth-order valence-electron chi connectivity index (χ4n) is 3.53. The molecule has 1 saturated carbocycles. The molecule has 4 heteroatoms. The predicted octanol–water partition coefficient (Wildman–Crippen LogP) is 3.01. The van der Waals surface area contributed by atoms with Crippen LogP contribution in [0, 0.1) is 5.92 Å². The van der Waals surface area contributed by atoms with E-state index >= 15 is 0 Å². The van der Waals surface area contributed by atoms with Gasteiger partial charge in [-0.3, -0.25) is 4.79 Å². The van der Waals surface area contributed by atoms with Gasteiger partial charge in [0.05, 0.1) is 17.6 Å². The Bertz CT molecular complexity index is 711. The molecule has 1 fully saturated rings. The fourth-order valence-corrected chi connectivity index (χ4v) is 3.53. The highest BCUT2D eigenvalue weighted by Crippen LogP contribution is 2.30. The number of benzene rings is 2. The van der Waals surface area contributed by atoms with Crippen molar-refractivity contribution in [2.24, 2.45) is 17.4 Å². The molecule has 5 N–H and O–H groups in total. The maximum Gasteiger partial charge on any atom is 0.160 e. The molecule has 4 nitrogen and oxygen atoms in total. The summed E-state index contributed by atoms with van der Waals surface area (Å²) in [4.78, 5) is 12.8. The molecule has 2 atom stereocenters. The van der Waals surface area contributed by atoms with E-state index in [1.165, 1.54) is 5.39 Å². The van der Waals surface area contributed by atoms with Crippen molar-refractivity contribution in [3.8, 4) is 0 Å². The number of anilines is 1. The van der Waals surface area contributed by atoms with Crippen molar-refractivity contribution < 1.29 is 4.79 Å². The van der Waals surface area contributed by atoms with E-state index < -0.39 is 5.66 Å². The zero-order valence-corrected chi connectivity index (χ0v) is 13.6. The first-order chi connectivity index (χ1) is 11.0. The van der Waals surface area contributed by atoms with Gasteiger partial charge < -0.3 is 16.8 Å². The minimum absolute atomic E-state index is 0.114. The van der Waals surface area contributed by atoms with Gasteiger partial charge in [-0.25, -0.2) is 0 Å². The normalized spacial score (nSPS) is 21.8. The zero-order chi connectivity index (χ0) is 16.4. The number of Topliss-reactive ketones (excluding diaryl/α,β-unsaturated/α-hetero) is 1. The number of rotatable bonds is 4. The third kappa shape index (κ3) is 3.38. The summed E-state index contributed by atoms with van der Waals surface area (Å²) in [5.41, 5.74) is 12.4. The SMILES string of the molecule is CC(Nc1ccc2ccccc2c1)C(=O)C1CCCCC1(N)N. The van der Waals surface area contributed by atoms with Gasteiger partial charge in [-0.15, -0.1) is 0 Å². The van der Waals surface area contributed by atoms with Crippen LogP contribution in [0.3, 0.4) is 0 Å². The van der Waals surface area contributed by atoms with E-state index in [0.29, 0.717) is 6.42 Å². The molecule has 0 heterocycles. The van der Waals surface area contributed by atoms with Crippen molar-refractivity contribution in [1.82, 2.24) is 0 Å². The Morgan fingerprint density at radius 2 is 1.91 bits per heavy atom. The highest BCUT2D eigenvalue weighted by Gasteiger charge is 2.39. The van der Waals surface area contributed by atoms with E-state index in [-0.39, 0.29) is 17.7 Å². The molecule has 0 radical (unpaired) electrons. The molecule has 3 rings (SSSR count). The van der Waals surface area contributed by atoms with E-state index in [1.807, 2.05) is 25.1 Å². The maximum atomic E-state index is 12.8. The third-order valence-corrected chi connectivity index (χ3v) is 4.90. The highest BCUT2D eigenvalue weighted by atomic mass is 16.1. The average molecular weight is 311 g/mol. The molecule has 1 aliphatic carbocycles. The molecule has 2 aromatic rings. The lowest BCUT2D eigenvalue weighted by atomic mass is 9.76. The quantitative estimate of drug-likeness (QED) is 0.758. The molecule has 0 aliphatic heterocycles. The number of carbonyl (C=O) groups is 1. The third-order valence-electron chi connectivity index (χ3n) is 4.90. The molecule has 2 unspecified atom stereocenters. The number of nitrogens with two attached hydrogens (primary N) is 2. The molecule has 0 aromatic heterocycles. The van der Waals surface area contributed by atoms with Gasteiger partial charge in [-0.1, -0.05) is 43.2 Å². The standard InChI is InChI=1S/C19H25N3O/c1-13(18(23)17-8-4-5-11-19(17,20)21)22-16-10-9-14-6-2-3-7-15(14)12-16/h2-3,6-7,9-10,12-13,17,22H,4-5,8,11,20-21H2,1H3. The van der Waals surface area contributed by atoms with Gasteiger partial charge in [0.25, 0.3) is 0 Å². The van der Waals surface area contributed by atoms with Crippen LogP contribution in [0.1, 0.15) is 32.6 Å². The number of carbonyl (C=O) groups excluding carboxylic acids is 1. The van der Waals surface area contributed by atoms with Crippen molar-refractivity contribution in [3.05, 3.63) is 42.5 Å². The van der Waals surface area contributed by atoms with Crippen molar-refractivity contribution in [3.63, 3.8) is 0 Å². The van der Waals surface area contributed by atoms with Crippen molar-refractivity contribution in [1.29, 1.82) is 0 Å². The molecule has 1 aliphatic rings. The van der Waals surface area contributed by atoms with Gasteiger partial charge in [0, 0.05) is 5.69 Å². The summed E-state index contributed by atoms with van der Waals surface area (Å²) in [6.45, 7) is 1.89. The lowest BCUT2D eigenvalue weighted by Crippen LogP contribution is -2.61. The second-order valence-electron chi connectivity index (χ2n) is 6.74. The Morgan fingerprint density at radius 3 is 2.65 bits per heavy atom. The van der Waals surface area contributed by atoms with Gasteiger partial charge in [-0.05, 0) is 42.7 Å². The van der Waals surface area contributed by atoms with Crippen LogP contribution in [0.2, 0.25) is 0 Å². The van der Waals surface area contributed by atoms with Crippen LogP contribution in [-0.4, -0.2) is 17.5 Å². The Labute approximate surface area is 137 Å². The van der Waals surface area contributed by atoms with Crippen LogP contribution in [0.15, 0.2) is 42.5 Å². The Kier molecular flexibility index (Phi) is 4.37. The molecular weight excluding hydrogens is 286 g/mol. The van der Waals surface area contributed by atoms with Crippen molar-refractivity contribution in [2.75, 3.05) is 5.32 Å². The number of ketones is 1. The maximum absolute atomic E-state index is 12.8. The number of hydrogen-bond acceptors (Lipinski definition) is 4. The summed E-state index contributed by atoms with van der Waals surface area (Å²) in [6, 6.07) is 14.0. The second-order valence-corrected chi connectivity index (χ2v) is 6.74.